The molecule has 1 amide bonds. The summed E-state index contributed by atoms with van der Waals surface area (Å²) in [6.07, 6.45) is 11.1. The number of carbonyl (C=O) groups excluding carboxylic acids is 1. The first-order chi connectivity index (χ1) is 25.2. The zero-order valence-electron chi connectivity index (χ0n) is 30.7. The topological polar surface area (TPSA) is 109 Å². The van der Waals surface area contributed by atoms with Crippen molar-refractivity contribution in [3.63, 3.8) is 0 Å². The van der Waals surface area contributed by atoms with Crippen LogP contribution in [0.4, 0.5) is 10.2 Å². The third-order valence-electron chi connectivity index (χ3n) is 11.8. The van der Waals surface area contributed by atoms with Crippen molar-refractivity contribution in [3.8, 4) is 17.4 Å². The molecule has 0 N–H and O–H groups in total. The molecule has 5 aliphatic rings. The van der Waals surface area contributed by atoms with Gasteiger partial charge in [0.15, 0.2) is 5.82 Å². The van der Waals surface area contributed by atoms with Crippen molar-refractivity contribution >= 4 is 11.7 Å². The molecule has 52 heavy (non-hydrogen) atoms. The van der Waals surface area contributed by atoms with Gasteiger partial charge in [0.25, 0.3) is 11.8 Å². The van der Waals surface area contributed by atoms with Gasteiger partial charge in [-0.05, 0) is 96.7 Å². The molecular formula is C39H51FN8O4. The van der Waals surface area contributed by atoms with Crippen molar-refractivity contribution < 1.29 is 23.4 Å². The van der Waals surface area contributed by atoms with Crippen molar-refractivity contribution in [2.75, 3.05) is 63.9 Å². The maximum atomic E-state index is 14.3. The van der Waals surface area contributed by atoms with E-state index in [0.29, 0.717) is 12.4 Å². The molecular weight excluding hydrogens is 663 g/mol. The number of aromatic nitrogens is 4. The van der Waals surface area contributed by atoms with Crippen LogP contribution in [0.3, 0.4) is 0 Å². The normalized spacial score (nSPS) is 22.8. The standard InChI is InChI=1S/C39H51FN8O4/c1-4-48(27(2)3)37(49)30-19-28(40)7-8-33(30)52-36-35(42-26-43-44-36)47-23-38(24-47)20-29(21-38)51-34-9-13-41-32-10-16-45(22-31(32)34)14-6-15-46-17-12-39(25-46)11-5-18-50-39/h7-9,13,19,26-27,29H,4-6,10-12,14-18,20-25H2,1-3H3. The fourth-order valence-electron chi connectivity index (χ4n) is 9.12. The van der Waals surface area contributed by atoms with E-state index in [-0.39, 0.29) is 46.3 Å². The van der Waals surface area contributed by atoms with Crippen LogP contribution in [0.5, 0.6) is 17.4 Å². The summed E-state index contributed by atoms with van der Waals surface area (Å²) in [6.45, 7) is 15.2. The second kappa shape index (κ2) is 14.5. The lowest BCUT2D eigenvalue weighted by Crippen LogP contribution is -2.65. The lowest BCUT2D eigenvalue weighted by Gasteiger charge is -2.58. The molecule has 1 atom stereocenters. The summed E-state index contributed by atoms with van der Waals surface area (Å²) >= 11 is 0. The number of hydrogen-bond donors (Lipinski definition) is 0. The Balaban J connectivity index is 0.849. The predicted molar refractivity (Wildman–Crippen MR) is 193 cm³/mol. The van der Waals surface area contributed by atoms with E-state index in [1.807, 2.05) is 33.0 Å². The van der Waals surface area contributed by atoms with Crippen LogP contribution in [-0.2, 0) is 17.7 Å². The SMILES string of the molecule is CCN(C(=O)c1cc(F)ccc1Oc1nncnc1N1CC2(CC(Oc3ccnc4c3CN(CCCN3CCC5(CCCO5)C3)CC4)C2)C1)C(C)C. The molecule has 0 bridgehead atoms. The van der Waals surface area contributed by atoms with Crippen molar-refractivity contribution in [3.05, 3.63) is 59.4 Å². The Morgan fingerprint density at radius 3 is 2.71 bits per heavy atom. The Kier molecular flexibility index (Phi) is 9.77. The molecule has 13 heteroatoms. The molecule has 2 aromatic heterocycles. The van der Waals surface area contributed by atoms with Crippen molar-refractivity contribution in [1.29, 1.82) is 0 Å². The molecule has 2 spiro atoms. The van der Waals surface area contributed by atoms with E-state index in [9.17, 15) is 9.18 Å². The number of carbonyl (C=O) groups is 1. The van der Waals surface area contributed by atoms with Gasteiger partial charge in [-0.3, -0.25) is 14.7 Å². The summed E-state index contributed by atoms with van der Waals surface area (Å²) in [4.78, 5) is 31.6. The van der Waals surface area contributed by atoms with Gasteiger partial charge < -0.3 is 28.9 Å². The van der Waals surface area contributed by atoms with Gasteiger partial charge >= 0.3 is 0 Å². The zero-order valence-corrected chi connectivity index (χ0v) is 30.7. The van der Waals surface area contributed by atoms with Gasteiger partial charge in [-0.2, -0.15) is 0 Å². The summed E-state index contributed by atoms with van der Waals surface area (Å²) in [5.74, 6) is 1.14. The van der Waals surface area contributed by atoms with Crippen molar-refractivity contribution in [2.45, 2.75) is 90.0 Å². The molecule has 278 valence electrons. The quantitative estimate of drug-likeness (QED) is 0.250. The van der Waals surface area contributed by atoms with Gasteiger partial charge in [-0.25, -0.2) is 9.37 Å². The maximum Gasteiger partial charge on any atom is 0.282 e. The molecule has 0 radical (unpaired) electrons. The fraction of sp³-hybridized carbons (Fsp3) is 0.615. The Hall–Kier alpha value is -3.94. The monoisotopic (exact) mass is 714 g/mol. The van der Waals surface area contributed by atoms with Crippen LogP contribution in [0.1, 0.15) is 80.9 Å². The van der Waals surface area contributed by atoms with Gasteiger partial charge in [0.05, 0.1) is 11.2 Å². The molecule has 6 heterocycles. The number of ether oxygens (including phenoxy) is 3. The summed E-state index contributed by atoms with van der Waals surface area (Å²) in [6, 6.07) is 5.95. The van der Waals surface area contributed by atoms with Gasteiger partial charge in [0, 0.05) is 87.8 Å². The molecule has 8 rings (SSSR count). The minimum atomic E-state index is -0.509. The molecule has 4 aliphatic heterocycles. The number of amides is 1. The van der Waals surface area contributed by atoms with Crippen LogP contribution < -0.4 is 14.4 Å². The first-order valence-electron chi connectivity index (χ1n) is 19.2. The van der Waals surface area contributed by atoms with Crippen LogP contribution in [-0.4, -0.2) is 117 Å². The average Bonchev–Trinajstić information content (AvgIpc) is 3.75. The molecule has 12 nitrogen and oxygen atoms in total. The molecule has 3 aromatic rings. The third kappa shape index (κ3) is 7.06. The van der Waals surface area contributed by atoms with E-state index in [2.05, 4.69) is 29.9 Å². The Bertz CT molecular complexity index is 1760. The lowest BCUT2D eigenvalue weighted by atomic mass is 9.61. The maximum absolute atomic E-state index is 14.3. The molecule has 1 aromatic carbocycles. The summed E-state index contributed by atoms with van der Waals surface area (Å²) in [5.41, 5.74) is 2.83. The Labute approximate surface area is 305 Å². The average molecular weight is 715 g/mol. The predicted octanol–water partition coefficient (Wildman–Crippen LogP) is 5.12. The van der Waals surface area contributed by atoms with E-state index >= 15 is 0 Å². The number of pyridine rings is 1. The highest BCUT2D eigenvalue weighted by atomic mass is 19.1. The van der Waals surface area contributed by atoms with Gasteiger partial charge in [0.1, 0.15) is 29.7 Å². The highest BCUT2D eigenvalue weighted by Gasteiger charge is 2.54. The minimum absolute atomic E-state index is 0.0519. The molecule has 3 saturated heterocycles. The van der Waals surface area contributed by atoms with E-state index in [4.69, 9.17) is 19.2 Å². The smallest absolute Gasteiger partial charge is 0.282 e. The second-order valence-electron chi connectivity index (χ2n) is 15.8. The van der Waals surface area contributed by atoms with Crippen LogP contribution in [0.2, 0.25) is 0 Å². The number of benzene rings is 1. The van der Waals surface area contributed by atoms with Gasteiger partial charge in [-0.15, -0.1) is 10.2 Å². The number of likely N-dealkylation sites (tertiary alicyclic amines) is 1. The molecule has 1 unspecified atom stereocenters. The van der Waals surface area contributed by atoms with Crippen molar-refractivity contribution in [1.82, 2.24) is 34.9 Å². The van der Waals surface area contributed by atoms with E-state index in [1.165, 1.54) is 55.0 Å². The number of nitrogens with zero attached hydrogens (tertiary/aromatic N) is 8. The third-order valence-corrected chi connectivity index (χ3v) is 11.8. The second-order valence-corrected chi connectivity index (χ2v) is 15.8. The largest absolute Gasteiger partial charge is 0.490 e. The molecule has 1 saturated carbocycles. The van der Waals surface area contributed by atoms with E-state index in [1.54, 1.807) is 4.90 Å². The number of rotatable bonds is 12. The van der Waals surface area contributed by atoms with Gasteiger partial charge in [0.2, 0.25) is 0 Å². The highest BCUT2D eigenvalue weighted by Crippen LogP contribution is 2.52. The summed E-state index contributed by atoms with van der Waals surface area (Å²) in [7, 11) is 0. The van der Waals surface area contributed by atoms with Crippen molar-refractivity contribution in [2.24, 2.45) is 5.41 Å². The van der Waals surface area contributed by atoms with E-state index in [0.717, 1.165) is 90.4 Å². The van der Waals surface area contributed by atoms with Crippen LogP contribution in [0.25, 0.3) is 0 Å². The summed E-state index contributed by atoms with van der Waals surface area (Å²) in [5, 5.41) is 8.18. The first-order valence-corrected chi connectivity index (χ1v) is 19.2. The number of anilines is 1. The summed E-state index contributed by atoms with van der Waals surface area (Å²) < 4.78 is 33.3. The number of hydrogen-bond acceptors (Lipinski definition) is 11. The minimum Gasteiger partial charge on any atom is -0.490 e. The zero-order chi connectivity index (χ0) is 35.9. The van der Waals surface area contributed by atoms with Crippen LogP contribution in [0, 0.1) is 11.2 Å². The molecule has 1 aliphatic carbocycles. The van der Waals surface area contributed by atoms with Crippen LogP contribution >= 0.6 is 0 Å². The Morgan fingerprint density at radius 2 is 1.92 bits per heavy atom. The van der Waals surface area contributed by atoms with E-state index < -0.39 is 5.82 Å². The first kappa shape index (κ1) is 35.1. The Morgan fingerprint density at radius 1 is 1.08 bits per heavy atom. The number of halogens is 1. The fourth-order valence-corrected chi connectivity index (χ4v) is 9.12. The van der Waals surface area contributed by atoms with Gasteiger partial charge in [-0.1, -0.05) is 0 Å². The molecule has 4 fully saturated rings. The van der Waals surface area contributed by atoms with Crippen LogP contribution in [0.15, 0.2) is 36.8 Å². The lowest BCUT2D eigenvalue weighted by molar-refractivity contribution is -0.0353. The number of fused-ring (bicyclic) bond motifs is 1. The highest BCUT2D eigenvalue weighted by molar-refractivity contribution is 5.97.